The lowest BCUT2D eigenvalue weighted by Crippen LogP contribution is -2.40. The lowest BCUT2D eigenvalue weighted by molar-refractivity contribution is -0.142. The van der Waals surface area contributed by atoms with Crippen LogP contribution in [0.4, 0.5) is 5.69 Å². The first kappa shape index (κ1) is 16.2. The maximum absolute atomic E-state index is 12.0. The SMILES string of the molecule is Cc1cc(C)c(NC(=O)CN(C)C(C)C(=O)O)c(C)c1. The Bertz CT molecular complexity index is 503. The van der Waals surface area contributed by atoms with Crippen molar-refractivity contribution in [3.05, 3.63) is 28.8 Å². The van der Waals surface area contributed by atoms with Crippen LogP contribution in [-0.4, -0.2) is 41.5 Å². The Kier molecular flexibility index (Phi) is 5.27. The first-order valence-electron chi connectivity index (χ1n) is 6.53. The van der Waals surface area contributed by atoms with E-state index in [1.807, 2.05) is 32.9 Å². The van der Waals surface area contributed by atoms with Crippen molar-refractivity contribution in [2.45, 2.75) is 33.7 Å². The monoisotopic (exact) mass is 278 g/mol. The van der Waals surface area contributed by atoms with Gasteiger partial charge in [0.25, 0.3) is 0 Å². The molecule has 1 atom stereocenters. The number of anilines is 1. The van der Waals surface area contributed by atoms with Crippen molar-refractivity contribution in [2.75, 3.05) is 18.9 Å². The molecule has 0 spiro atoms. The summed E-state index contributed by atoms with van der Waals surface area (Å²) in [5.74, 6) is -1.15. The van der Waals surface area contributed by atoms with Gasteiger partial charge in [0.15, 0.2) is 0 Å². The molecule has 110 valence electrons. The summed E-state index contributed by atoms with van der Waals surface area (Å²) in [6.45, 7) is 7.49. The standard InChI is InChI=1S/C15H22N2O3/c1-9-6-10(2)14(11(3)7-9)16-13(18)8-17(5)12(4)15(19)20/h6-7,12H,8H2,1-5H3,(H,16,18)(H,19,20). The fourth-order valence-corrected chi connectivity index (χ4v) is 2.11. The zero-order chi connectivity index (χ0) is 15.4. The predicted molar refractivity (Wildman–Crippen MR) is 79.0 cm³/mol. The van der Waals surface area contributed by atoms with Gasteiger partial charge in [-0.25, -0.2) is 0 Å². The van der Waals surface area contributed by atoms with Gasteiger partial charge < -0.3 is 10.4 Å². The van der Waals surface area contributed by atoms with E-state index >= 15 is 0 Å². The average Bonchev–Trinajstić information content (AvgIpc) is 2.32. The summed E-state index contributed by atoms with van der Waals surface area (Å²) in [6, 6.07) is 3.32. The largest absolute Gasteiger partial charge is 0.480 e. The maximum Gasteiger partial charge on any atom is 0.320 e. The van der Waals surface area contributed by atoms with E-state index in [9.17, 15) is 9.59 Å². The molecule has 1 aromatic rings. The molecule has 0 aliphatic heterocycles. The Balaban J connectivity index is 2.75. The Labute approximate surface area is 119 Å². The summed E-state index contributed by atoms with van der Waals surface area (Å²) in [5.41, 5.74) is 3.96. The van der Waals surface area contributed by atoms with Gasteiger partial charge in [-0.1, -0.05) is 17.7 Å². The van der Waals surface area contributed by atoms with Gasteiger partial charge in [0, 0.05) is 5.69 Å². The highest BCUT2D eigenvalue weighted by atomic mass is 16.4. The molecule has 0 aliphatic rings. The number of hydrogen-bond donors (Lipinski definition) is 2. The number of likely N-dealkylation sites (N-methyl/N-ethyl adjacent to an activating group) is 1. The number of carboxylic acid groups (broad SMARTS) is 1. The molecule has 0 saturated heterocycles. The van der Waals surface area contributed by atoms with E-state index in [0.717, 1.165) is 22.4 Å². The van der Waals surface area contributed by atoms with Gasteiger partial charge >= 0.3 is 5.97 Å². The first-order chi connectivity index (χ1) is 9.22. The molecule has 1 aromatic carbocycles. The normalized spacial score (nSPS) is 12.3. The summed E-state index contributed by atoms with van der Waals surface area (Å²) in [5, 5.41) is 11.8. The van der Waals surface area contributed by atoms with E-state index in [4.69, 9.17) is 5.11 Å². The number of nitrogens with one attached hydrogen (secondary N) is 1. The zero-order valence-electron chi connectivity index (χ0n) is 12.7. The number of benzene rings is 1. The Morgan fingerprint density at radius 3 is 2.20 bits per heavy atom. The smallest absolute Gasteiger partial charge is 0.320 e. The molecule has 2 N–H and O–H groups in total. The Morgan fingerprint density at radius 2 is 1.75 bits per heavy atom. The van der Waals surface area contributed by atoms with Gasteiger partial charge in [0.05, 0.1) is 6.54 Å². The van der Waals surface area contributed by atoms with Crippen LogP contribution in [0.3, 0.4) is 0 Å². The van der Waals surface area contributed by atoms with Crippen LogP contribution in [0.15, 0.2) is 12.1 Å². The van der Waals surface area contributed by atoms with Crippen molar-refractivity contribution in [1.82, 2.24) is 4.90 Å². The summed E-state index contributed by atoms with van der Waals surface area (Å²) in [6.07, 6.45) is 0. The summed E-state index contributed by atoms with van der Waals surface area (Å²) >= 11 is 0. The first-order valence-corrected chi connectivity index (χ1v) is 6.53. The van der Waals surface area contributed by atoms with Crippen LogP contribution in [0.2, 0.25) is 0 Å². The molecular formula is C15H22N2O3. The second-order valence-corrected chi connectivity index (χ2v) is 5.25. The van der Waals surface area contributed by atoms with Crippen LogP contribution in [0.1, 0.15) is 23.6 Å². The molecule has 0 bridgehead atoms. The van der Waals surface area contributed by atoms with Crippen molar-refractivity contribution in [3.63, 3.8) is 0 Å². The summed E-state index contributed by atoms with van der Waals surface area (Å²) in [7, 11) is 1.62. The van der Waals surface area contributed by atoms with E-state index in [1.54, 1.807) is 14.0 Å². The quantitative estimate of drug-likeness (QED) is 0.863. The second kappa shape index (κ2) is 6.52. The van der Waals surface area contributed by atoms with Gasteiger partial charge in [0.2, 0.25) is 5.91 Å². The summed E-state index contributed by atoms with van der Waals surface area (Å²) < 4.78 is 0. The molecule has 0 aliphatic carbocycles. The molecule has 0 heterocycles. The number of aryl methyl sites for hydroxylation is 3. The minimum Gasteiger partial charge on any atom is -0.480 e. The average molecular weight is 278 g/mol. The minimum absolute atomic E-state index is 0.0419. The minimum atomic E-state index is -0.942. The third-order valence-corrected chi connectivity index (χ3v) is 3.35. The van der Waals surface area contributed by atoms with Gasteiger partial charge in [-0.2, -0.15) is 0 Å². The summed E-state index contributed by atoms with van der Waals surface area (Å²) in [4.78, 5) is 24.3. The maximum atomic E-state index is 12.0. The van der Waals surface area contributed by atoms with E-state index in [-0.39, 0.29) is 12.5 Å². The Hall–Kier alpha value is -1.88. The number of nitrogens with zero attached hydrogens (tertiary/aromatic N) is 1. The molecule has 5 nitrogen and oxygen atoms in total. The highest BCUT2D eigenvalue weighted by Gasteiger charge is 2.19. The van der Waals surface area contributed by atoms with Crippen molar-refractivity contribution in [2.24, 2.45) is 0 Å². The van der Waals surface area contributed by atoms with Gasteiger partial charge in [-0.3, -0.25) is 14.5 Å². The molecule has 0 saturated carbocycles. The van der Waals surface area contributed by atoms with Crippen LogP contribution in [-0.2, 0) is 9.59 Å². The Morgan fingerprint density at radius 1 is 1.25 bits per heavy atom. The predicted octanol–water partition coefficient (Wildman–Crippen LogP) is 1.96. The number of aliphatic carboxylic acids is 1. The number of carbonyl (C=O) groups excluding carboxylic acids is 1. The second-order valence-electron chi connectivity index (χ2n) is 5.25. The van der Waals surface area contributed by atoms with Crippen LogP contribution in [0, 0.1) is 20.8 Å². The lowest BCUT2D eigenvalue weighted by Gasteiger charge is -2.21. The van der Waals surface area contributed by atoms with Gasteiger partial charge in [-0.15, -0.1) is 0 Å². The van der Waals surface area contributed by atoms with E-state index in [2.05, 4.69) is 5.32 Å². The van der Waals surface area contributed by atoms with Gasteiger partial charge in [-0.05, 0) is 45.9 Å². The van der Waals surface area contributed by atoms with Gasteiger partial charge in [0.1, 0.15) is 6.04 Å². The third kappa shape index (κ3) is 4.06. The molecule has 1 amide bonds. The highest BCUT2D eigenvalue weighted by molar-refractivity contribution is 5.94. The highest BCUT2D eigenvalue weighted by Crippen LogP contribution is 2.21. The molecule has 0 radical (unpaired) electrons. The van der Waals surface area contributed by atoms with Crippen molar-refractivity contribution < 1.29 is 14.7 Å². The fraction of sp³-hybridized carbons (Fsp3) is 0.467. The van der Waals surface area contributed by atoms with E-state index in [0.29, 0.717) is 0 Å². The topological polar surface area (TPSA) is 69.6 Å². The number of amides is 1. The van der Waals surface area contributed by atoms with Crippen molar-refractivity contribution in [1.29, 1.82) is 0 Å². The van der Waals surface area contributed by atoms with Crippen molar-refractivity contribution in [3.8, 4) is 0 Å². The number of carbonyl (C=O) groups is 2. The van der Waals surface area contributed by atoms with Crippen LogP contribution in [0.5, 0.6) is 0 Å². The van der Waals surface area contributed by atoms with Crippen molar-refractivity contribution >= 4 is 17.6 Å². The van der Waals surface area contributed by atoms with Crippen LogP contribution in [0.25, 0.3) is 0 Å². The van der Waals surface area contributed by atoms with E-state index < -0.39 is 12.0 Å². The number of hydrogen-bond acceptors (Lipinski definition) is 3. The molecule has 0 aromatic heterocycles. The van der Waals surface area contributed by atoms with Crippen LogP contribution >= 0.6 is 0 Å². The number of rotatable bonds is 5. The molecule has 1 rings (SSSR count). The molecule has 5 heteroatoms. The molecule has 0 fully saturated rings. The van der Waals surface area contributed by atoms with E-state index in [1.165, 1.54) is 4.90 Å². The lowest BCUT2D eigenvalue weighted by atomic mass is 10.1. The fourth-order valence-electron chi connectivity index (χ4n) is 2.11. The van der Waals surface area contributed by atoms with Crippen LogP contribution < -0.4 is 5.32 Å². The third-order valence-electron chi connectivity index (χ3n) is 3.35. The number of carboxylic acids is 1. The molecule has 20 heavy (non-hydrogen) atoms. The molecule has 1 unspecified atom stereocenters. The molecular weight excluding hydrogens is 256 g/mol. The zero-order valence-corrected chi connectivity index (χ0v) is 12.7.